The monoisotopic (exact) mass is 244 g/mol. The number of hydrogen-bond donors (Lipinski definition) is 2. The van der Waals surface area contributed by atoms with Gasteiger partial charge in [-0.1, -0.05) is 20.3 Å². The molecular weight excluding hydrogens is 220 g/mol. The molecule has 3 N–H and O–H groups in total. The van der Waals surface area contributed by atoms with Crippen LogP contribution in [0.25, 0.3) is 0 Å². The number of carbonyl (C=O) groups is 2. The molecule has 100 valence electrons. The highest BCUT2D eigenvalue weighted by Gasteiger charge is 2.24. The molecule has 0 radical (unpaired) electrons. The lowest BCUT2D eigenvalue weighted by Gasteiger charge is -2.19. The van der Waals surface area contributed by atoms with Crippen molar-refractivity contribution in [2.75, 3.05) is 6.61 Å². The lowest BCUT2D eigenvalue weighted by atomic mass is 10.0. The summed E-state index contributed by atoms with van der Waals surface area (Å²) in [5, 5.41) is 2.72. The van der Waals surface area contributed by atoms with Crippen LogP contribution in [0.3, 0.4) is 0 Å². The molecule has 0 saturated carbocycles. The van der Waals surface area contributed by atoms with Crippen molar-refractivity contribution in [1.82, 2.24) is 5.32 Å². The van der Waals surface area contributed by atoms with Gasteiger partial charge in [-0.15, -0.1) is 0 Å². The maximum Gasteiger partial charge on any atom is 0.332 e. The number of nitrogens with one attached hydrogen (secondary N) is 1. The van der Waals surface area contributed by atoms with Crippen LogP contribution in [0.15, 0.2) is 0 Å². The second-order valence-electron chi connectivity index (χ2n) is 4.39. The Morgan fingerprint density at radius 3 is 2.35 bits per heavy atom. The van der Waals surface area contributed by atoms with Crippen molar-refractivity contribution < 1.29 is 14.3 Å². The maximum absolute atomic E-state index is 11.6. The van der Waals surface area contributed by atoms with Crippen LogP contribution < -0.4 is 11.1 Å². The van der Waals surface area contributed by atoms with Crippen LogP contribution in [0.2, 0.25) is 0 Å². The molecule has 0 heterocycles. The minimum atomic E-state index is -1.23. The van der Waals surface area contributed by atoms with Crippen molar-refractivity contribution in [2.45, 2.75) is 52.6 Å². The molecule has 0 saturated heterocycles. The highest BCUT2D eigenvalue weighted by Crippen LogP contribution is 2.09. The summed E-state index contributed by atoms with van der Waals surface area (Å²) in [6.45, 7) is 8.02. The highest BCUT2D eigenvalue weighted by molar-refractivity contribution is 6.01. The lowest BCUT2D eigenvalue weighted by molar-refractivity contribution is -0.148. The Morgan fingerprint density at radius 1 is 1.29 bits per heavy atom. The van der Waals surface area contributed by atoms with Gasteiger partial charge < -0.3 is 15.8 Å². The Labute approximate surface area is 103 Å². The molecule has 5 nitrogen and oxygen atoms in total. The minimum absolute atomic E-state index is 0.0120. The third-order valence-corrected chi connectivity index (χ3v) is 2.66. The van der Waals surface area contributed by atoms with E-state index in [0.29, 0.717) is 5.92 Å². The van der Waals surface area contributed by atoms with E-state index >= 15 is 0 Å². The normalized spacial score (nSPS) is 15.8. The predicted molar refractivity (Wildman–Crippen MR) is 66.3 cm³/mol. The topological polar surface area (TPSA) is 81.4 Å². The summed E-state index contributed by atoms with van der Waals surface area (Å²) in [7, 11) is 0. The number of hydrogen-bond acceptors (Lipinski definition) is 4. The van der Waals surface area contributed by atoms with Crippen molar-refractivity contribution in [3.63, 3.8) is 0 Å². The van der Waals surface area contributed by atoms with E-state index in [1.54, 1.807) is 6.92 Å². The number of amides is 1. The van der Waals surface area contributed by atoms with E-state index in [2.05, 4.69) is 23.9 Å². The van der Waals surface area contributed by atoms with Crippen LogP contribution in [0.5, 0.6) is 0 Å². The van der Waals surface area contributed by atoms with Crippen molar-refractivity contribution in [3.8, 4) is 0 Å². The third kappa shape index (κ3) is 6.26. The zero-order valence-electron chi connectivity index (χ0n) is 11.2. The molecule has 3 atom stereocenters. The van der Waals surface area contributed by atoms with Crippen LogP contribution >= 0.6 is 0 Å². The summed E-state index contributed by atoms with van der Waals surface area (Å²) in [5.41, 5.74) is 5.47. The fourth-order valence-electron chi connectivity index (χ4n) is 1.50. The lowest BCUT2D eigenvalue weighted by Crippen LogP contribution is -2.49. The van der Waals surface area contributed by atoms with E-state index < -0.39 is 17.9 Å². The average Bonchev–Trinajstić information content (AvgIpc) is 2.27. The molecule has 5 heteroatoms. The van der Waals surface area contributed by atoms with Gasteiger partial charge in [0.05, 0.1) is 6.61 Å². The second-order valence-corrected chi connectivity index (χ2v) is 4.39. The van der Waals surface area contributed by atoms with Gasteiger partial charge in [0.1, 0.15) is 0 Å². The number of carbonyl (C=O) groups excluding carboxylic acids is 2. The molecule has 0 aromatic rings. The van der Waals surface area contributed by atoms with E-state index in [0.717, 1.165) is 12.8 Å². The summed E-state index contributed by atoms with van der Waals surface area (Å²) < 4.78 is 4.68. The molecule has 0 bridgehead atoms. The van der Waals surface area contributed by atoms with Crippen LogP contribution in [-0.2, 0) is 14.3 Å². The Hall–Kier alpha value is -1.10. The standard InChI is InChI=1S/C12H24N2O3/c1-5-8(3)7-9(4)14-11(15)10(13)12(16)17-6-2/h8-10H,5-7,13H2,1-4H3,(H,14,15). The first kappa shape index (κ1) is 15.9. The van der Waals surface area contributed by atoms with Gasteiger partial charge in [-0.2, -0.15) is 0 Å². The first-order chi connectivity index (χ1) is 7.92. The molecule has 0 aromatic heterocycles. The fourth-order valence-corrected chi connectivity index (χ4v) is 1.50. The van der Waals surface area contributed by atoms with E-state index in [-0.39, 0.29) is 12.6 Å². The van der Waals surface area contributed by atoms with E-state index in [9.17, 15) is 9.59 Å². The van der Waals surface area contributed by atoms with E-state index in [1.807, 2.05) is 6.92 Å². The van der Waals surface area contributed by atoms with Crippen molar-refractivity contribution >= 4 is 11.9 Å². The number of ether oxygens (including phenoxy) is 1. The predicted octanol–water partition coefficient (Wildman–Crippen LogP) is 0.818. The van der Waals surface area contributed by atoms with Gasteiger partial charge in [0.15, 0.2) is 6.04 Å². The first-order valence-corrected chi connectivity index (χ1v) is 6.14. The molecule has 17 heavy (non-hydrogen) atoms. The van der Waals surface area contributed by atoms with Crippen molar-refractivity contribution in [2.24, 2.45) is 11.7 Å². The molecule has 0 spiro atoms. The number of nitrogens with two attached hydrogens (primary N) is 1. The zero-order valence-corrected chi connectivity index (χ0v) is 11.2. The number of rotatable bonds is 7. The van der Waals surface area contributed by atoms with Crippen molar-refractivity contribution in [3.05, 3.63) is 0 Å². The minimum Gasteiger partial charge on any atom is -0.464 e. The van der Waals surface area contributed by atoms with Crippen LogP contribution in [0.4, 0.5) is 0 Å². The zero-order chi connectivity index (χ0) is 13.4. The third-order valence-electron chi connectivity index (χ3n) is 2.66. The summed E-state index contributed by atoms with van der Waals surface area (Å²) in [6, 6.07) is -1.22. The van der Waals surface area contributed by atoms with Gasteiger partial charge in [0, 0.05) is 6.04 Å². The van der Waals surface area contributed by atoms with Crippen molar-refractivity contribution in [1.29, 1.82) is 0 Å². The van der Waals surface area contributed by atoms with Crippen LogP contribution in [-0.4, -0.2) is 30.6 Å². The second kappa shape index (κ2) is 8.06. The Balaban J connectivity index is 4.11. The van der Waals surface area contributed by atoms with Gasteiger partial charge in [-0.3, -0.25) is 4.79 Å². The molecular formula is C12H24N2O3. The molecule has 0 rings (SSSR count). The van der Waals surface area contributed by atoms with Gasteiger partial charge in [-0.05, 0) is 26.2 Å². The van der Waals surface area contributed by atoms with E-state index in [1.165, 1.54) is 0 Å². The van der Waals surface area contributed by atoms with Crippen LogP contribution in [0, 0.1) is 5.92 Å². The van der Waals surface area contributed by atoms with Crippen LogP contribution in [0.1, 0.15) is 40.5 Å². The number of esters is 1. The maximum atomic E-state index is 11.6. The molecule has 0 fully saturated rings. The SMILES string of the molecule is CCOC(=O)C(N)C(=O)NC(C)CC(C)CC. The largest absolute Gasteiger partial charge is 0.464 e. The van der Waals surface area contributed by atoms with E-state index in [4.69, 9.17) is 5.73 Å². The summed E-state index contributed by atoms with van der Waals surface area (Å²) >= 11 is 0. The summed E-state index contributed by atoms with van der Waals surface area (Å²) in [5.74, 6) is -0.621. The Bertz CT molecular complexity index is 256. The van der Waals surface area contributed by atoms with Gasteiger partial charge in [-0.25, -0.2) is 4.79 Å². The van der Waals surface area contributed by atoms with Gasteiger partial charge in [0.2, 0.25) is 5.91 Å². The van der Waals surface area contributed by atoms with Gasteiger partial charge in [0.25, 0.3) is 0 Å². The van der Waals surface area contributed by atoms with Gasteiger partial charge >= 0.3 is 5.97 Å². The quantitative estimate of drug-likeness (QED) is 0.513. The fraction of sp³-hybridized carbons (Fsp3) is 0.833. The molecule has 3 unspecified atom stereocenters. The first-order valence-electron chi connectivity index (χ1n) is 6.14. The average molecular weight is 244 g/mol. The smallest absolute Gasteiger partial charge is 0.332 e. The molecule has 0 aliphatic heterocycles. The summed E-state index contributed by atoms with van der Waals surface area (Å²) in [4.78, 5) is 22.8. The molecule has 1 amide bonds. The Kier molecular flexibility index (Phi) is 7.54. The molecule has 0 aromatic carbocycles. The molecule has 0 aliphatic rings. The Morgan fingerprint density at radius 2 is 1.88 bits per heavy atom. The molecule has 0 aliphatic carbocycles. The summed E-state index contributed by atoms with van der Waals surface area (Å²) in [6.07, 6.45) is 1.93. The highest BCUT2D eigenvalue weighted by atomic mass is 16.5.